The molecule has 0 aliphatic rings. The predicted molar refractivity (Wildman–Crippen MR) is 156 cm³/mol. The van der Waals surface area contributed by atoms with Gasteiger partial charge in [0.05, 0.1) is 10.6 Å². The SMILES string of the molecule is CC[C@@H](C(=O)NC(C)C)N(Cc1ccc(C)cc1)C(=O)CN(c1ccc(Cl)cc1C)S(=O)(=O)c1ccccc1. The minimum absolute atomic E-state index is 0.0572. The number of benzene rings is 3. The van der Waals surface area contributed by atoms with Crippen LogP contribution >= 0.6 is 11.6 Å². The molecule has 0 spiro atoms. The molecule has 0 radical (unpaired) electrons. The van der Waals surface area contributed by atoms with Crippen molar-refractivity contribution < 1.29 is 18.0 Å². The van der Waals surface area contributed by atoms with Gasteiger partial charge in [-0.05, 0) is 75.6 Å². The van der Waals surface area contributed by atoms with Crippen molar-refractivity contribution in [3.8, 4) is 0 Å². The summed E-state index contributed by atoms with van der Waals surface area (Å²) in [6.07, 6.45) is 0.363. The first-order valence-corrected chi connectivity index (χ1v) is 14.7. The van der Waals surface area contributed by atoms with Gasteiger partial charge in [-0.25, -0.2) is 8.42 Å². The number of aryl methyl sites for hydroxylation is 2. The molecule has 1 N–H and O–H groups in total. The van der Waals surface area contributed by atoms with E-state index in [0.717, 1.165) is 15.4 Å². The fraction of sp³-hybridized carbons (Fsp3) is 0.333. The predicted octanol–water partition coefficient (Wildman–Crippen LogP) is 5.48. The van der Waals surface area contributed by atoms with Crippen LogP contribution in [0.25, 0.3) is 0 Å². The second-order valence-electron chi connectivity index (χ2n) is 9.85. The Balaban J connectivity index is 2.08. The molecule has 0 saturated carbocycles. The number of carbonyl (C=O) groups is 2. The van der Waals surface area contributed by atoms with Crippen LogP contribution in [0.1, 0.15) is 43.9 Å². The van der Waals surface area contributed by atoms with E-state index < -0.39 is 28.5 Å². The van der Waals surface area contributed by atoms with Crippen molar-refractivity contribution in [1.82, 2.24) is 10.2 Å². The zero-order valence-electron chi connectivity index (χ0n) is 23.0. The van der Waals surface area contributed by atoms with E-state index in [1.54, 1.807) is 43.3 Å². The van der Waals surface area contributed by atoms with Gasteiger partial charge in [-0.1, -0.05) is 66.6 Å². The van der Waals surface area contributed by atoms with Gasteiger partial charge in [-0.2, -0.15) is 0 Å². The summed E-state index contributed by atoms with van der Waals surface area (Å²) in [5.41, 5.74) is 2.85. The van der Waals surface area contributed by atoms with Crippen molar-refractivity contribution in [2.75, 3.05) is 10.8 Å². The minimum atomic E-state index is -4.13. The lowest BCUT2D eigenvalue weighted by molar-refractivity contribution is -0.140. The number of nitrogens with zero attached hydrogens (tertiary/aromatic N) is 2. The second kappa shape index (κ2) is 13.1. The van der Waals surface area contributed by atoms with Gasteiger partial charge in [0.1, 0.15) is 12.6 Å². The van der Waals surface area contributed by atoms with Gasteiger partial charge in [0.15, 0.2) is 0 Å². The molecule has 0 unspecified atom stereocenters. The zero-order valence-corrected chi connectivity index (χ0v) is 24.6. The Hall–Kier alpha value is -3.36. The lowest BCUT2D eigenvalue weighted by atomic mass is 10.1. The van der Waals surface area contributed by atoms with E-state index in [0.29, 0.717) is 22.7 Å². The van der Waals surface area contributed by atoms with Crippen LogP contribution in [0.5, 0.6) is 0 Å². The molecule has 0 heterocycles. The number of hydrogen-bond donors (Lipinski definition) is 1. The summed E-state index contributed by atoms with van der Waals surface area (Å²) in [4.78, 5) is 28.8. The molecular weight excluding hydrogens is 534 g/mol. The quantitative estimate of drug-likeness (QED) is 0.331. The molecule has 1 atom stereocenters. The number of anilines is 1. The zero-order chi connectivity index (χ0) is 28.7. The van der Waals surface area contributed by atoms with Crippen molar-refractivity contribution in [3.05, 3.63) is 94.5 Å². The number of sulfonamides is 1. The molecule has 2 amide bonds. The molecule has 0 aromatic heterocycles. The van der Waals surface area contributed by atoms with Crippen molar-refractivity contribution in [2.45, 2.75) is 64.6 Å². The van der Waals surface area contributed by atoms with Gasteiger partial charge in [0, 0.05) is 17.6 Å². The highest BCUT2D eigenvalue weighted by Crippen LogP contribution is 2.29. The maximum absolute atomic E-state index is 14.1. The van der Waals surface area contributed by atoms with Crippen LogP contribution in [-0.4, -0.2) is 43.8 Å². The molecule has 7 nitrogen and oxygen atoms in total. The Morgan fingerprint density at radius 1 is 0.949 bits per heavy atom. The third kappa shape index (κ3) is 7.61. The average molecular weight is 570 g/mol. The van der Waals surface area contributed by atoms with Crippen molar-refractivity contribution >= 4 is 39.1 Å². The summed E-state index contributed by atoms with van der Waals surface area (Å²) >= 11 is 6.16. The molecule has 39 heavy (non-hydrogen) atoms. The molecule has 0 aliphatic carbocycles. The summed E-state index contributed by atoms with van der Waals surface area (Å²) in [6.45, 7) is 8.93. The summed E-state index contributed by atoms with van der Waals surface area (Å²) in [5.74, 6) is -0.775. The van der Waals surface area contributed by atoms with E-state index in [9.17, 15) is 18.0 Å². The number of halogens is 1. The van der Waals surface area contributed by atoms with E-state index in [1.165, 1.54) is 17.0 Å². The number of carbonyl (C=O) groups excluding carboxylic acids is 2. The van der Waals surface area contributed by atoms with Gasteiger partial charge in [0.25, 0.3) is 10.0 Å². The Bertz CT molecular complexity index is 1390. The molecule has 3 aromatic carbocycles. The summed E-state index contributed by atoms with van der Waals surface area (Å²) in [5, 5.41) is 3.36. The van der Waals surface area contributed by atoms with E-state index in [-0.39, 0.29) is 23.4 Å². The Morgan fingerprint density at radius 2 is 1.59 bits per heavy atom. The summed E-state index contributed by atoms with van der Waals surface area (Å²) < 4.78 is 28.9. The van der Waals surface area contributed by atoms with Gasteiger partial charge >= 0.3 is 0 Å². The number of amides is 2. The van der Waals surface area contributed by atoms with Crippen molar-refractivity contribution in [2.24, 2.45) is 0 Å². The molecule has 0 bridgehead atoms. The molecule has 0 saturated heterocycles. The summed E-state index contributed by atoms with van der Waals surface area (Å²) in [7, 11) is -4.13. The first-order valence-electron chi connectivity index (χ1n) is 12.9. The average Bonchev–Trinajstić information content (AvgIpc) is 2.88. The first-order chi connectivity index (χ1) is 18.4. The minimum Gasteiger partial charge on any atom is -0.352 e. The van der Waals surface area contributed by atoms with E-state index >= 15 is 0 Å². The first kappa shape index (κ1) is 30.2. The maximum atomic E-state index is 14.1. The van der Waals surface area contributed by atoms with Gasteiger partial charge in [0.2, 0.25) is 11.8 Å². The Kier molecular flexibility index (Phi) is 10.2. The van der Waals surface area contributed by atoms with E-state index in [1.807, 2.05) is 52.0 Å². The molecule has 9 heteroatoms. The maximum Gasteiger partial charge on any atom is 0.264 e. The van der Waals surface area contributed by atoms with E-state index in [2.05, 4.69) is 5.32 Å². The number of hydrogen-bond acceptors (Lipinski definition) is 4. The van der Waals surface area contributed by atoms with Gasteiger partial charge in [-0.3, -0.25) is 13.9 Å². The smallest absolute Gasteiger partial charge is 0.264 e. The molecule has 3 rings (SSSR count). The topological polar surface area (TPSA) is 86.8 Å². The molecule has 0 aliphatic heterocycles. The van der Waals surface area contributed by atoms with Crippen molar-refractivity contribution in [1.29, 1.82) is 0 Å². The highest BCUT2D eigenvalue weighted by atomic mass is 35.5. The fourth-order valence-electron chi connectivity index (χ4n) is 4.32. The molecule has 208 valence electrons. The largest absolute Gasteiger partial charge is 0.352 e. The molecule has 0 fully saturated rings. The lowest BCUT2D eigenvalue weighted by Gasteiger charge is -2.34. The molecular formula is C30H36ClN3O4S. The lowest BCUT2D eigenvalue weighted by Crippen LogP contribution is -2.53. The van der Waals surface area contributed by atoms with Crippen LogP contribution in [0.4, 0.5) is 5.69 Å². The van der Waals surface area contributed by atoms with Crippen LogP contribution in [0, 0.1) is 13.8 Å². The van der Waals surface area contributed by atoms with Crippen LogP contribution in [0.15, 0.2) is 77.7 Å². The Morgan fingerprint density at radius 3 is 2.15 bits per heavy atom. The van der Waals surface area contributed by atoms with Crippen LogP contribution in [-0.2, 0) is 26.2 Å². The number of rotatable bonds is 11. The van der Waals surface area contributed by atoms with Gasteiger partial charge in [-0.15, -0.1) is 0 Å². The third-order valence-electron chi connectivity index (χ3n) is 6.33. The summed E-state index contributed by atoms with van der Waals surface area (Å²) in [6, 6.07) is 19.6. The third-order valence-corrected chi connectivity index (χ3v) is 8.34. The monoisotopic (exact) mass is 569 g/mol. The number of nitrogens with one attached hydrogen (secondary N) is 1. The normalized spacial score (nSPS) is 12.2. The standard InChI is InChI=1S/C30H36ClN3O4S/c1-6-27(30(36)32-21(2)3)33(19-24-14-12-22(4)13-15-24)29(35)20-34(28-17-16-25(31)18-23(28)5)39(37,38)26-10-8-7-9-11-26/h7-18,21,27H,6,19-20H2,1-5H3,(H,32,36)/t27-/m0/s1. The van der Waals surface area contributed by atoms with Crippen LogP contribution in [0.3, 0.4) is 0 Å². The van der Waals surface area contributed by atoms with E-state index in [4.69, 9.17) is 11.6 Å². The fourth-order valence-corrected chi connectivity index (χ4v) is 6.05. The van der Waals surface area contributed by atoms with Crippen LogP contribution < -0.4 is 9.62 Å². The highest BCUT2D eigenvalue weighted by Gasteiger charge is 2.34. The molecule has 3 aromatic rings. The van der Waals surface area contributed by atoms with Crippen LogP contribution in [0.2, 0.25) is 5.02 Å². The Labute approximate surface area is 236 Å². The second-order valence-corrected chi connectivity index (χ2v) is 12.1. The van der Waals surface area contributed by atoms with Crippen molar-refractivity contribution in [3.63, 3.8) is 0 Å². The van der Waals surface area contributed by atoms with Gasteiger partial charge < -0.3 is 10.2 Å². The highest BCUT2D eigenvalue weighted by molar-refractivity contribution is 7.92.